The number of benzene rings is 1. The predicted molar refractivity (Wildman–Crippen MR) is 154 cm³/mol. The summed E-state index contributed by atoms with van der Waals surface area (Å²) < 4.78 is 17.1. The molecule has 1 fully saturated rings. The topological polar surface area (TPSA) is 161 Å². The Hall–Kier alpha value is -3.37. The summed E-state index contributed by atoms with van der Waals surface area (Å²) in [5, 5.41) is 29.7. The number of phenols is 1. The van der Waals surface area contributed by atoms with Crippen LogP contribution >= 0.6 is 0 Å². The number of rotatable bonds is 13. The zero-order chi connectivity index (χ0) is 29.8. The highest BCUT2D eigenvalue weighted by molar-refractivity contribution is 5.72. The van der Waals surface area contributed by atoms with Gasteiger partial charge in [-0.25, -0.2) is 4.98 Å². The van der Waals surface area contributed by atoms with Crippen molar-refractivity contribution in [2.24, 2.45) is 11.8 Å². The van der Waals surface area contributed by atoms with Gasteiger partial charge in [-0.3, -0.25) is 9.59 Å². The number of aryl methyl sites for hydroxylation is 1. The number of nitrogens with two attached hydrogens (primary N) is 1. The van der Waals surface area contributed by atoms with Crippen molar-refractivity contribution in [2.45, 2.75) is 83.8 Å². The van der Waals surface area contributed by atoms with Crippen LogP contribution in [0.5, 0.6) is 11.5 Å². The van der Waals surface area contributed by atoms with Crippen LogP contribution in [0.1, 0.15) is 70.8 Å². The number of aromatic nitrogens is 1. The van der Waals surface area contributed by atoms with Gasteiger partial charge < -0.3 is 35.3 Å². The molecule has 1 saturated carbocycles. The molecule has 4 atom stereocenters. The van der Waals surface area contributed by atoms with Gasteiger partial charge in [0, 0.05) is 33.1 Å². The molecule has 10 heteroatoms. The average Bonchev–Trinajstić information content (AvgIpc) is 2.90. The Labute approximate surface area is 241 Å². The molecule has 3 rings (SSSR count). The van der Waals surface area contributed by atoms with E-state index in [2.05, 4.69) is 4.98 Å². The molecule has 1 aromatic carbocycles. The first kappa shape index (κ1) is 32.1. The molecule has 10 nitrogen and oxygen atoms in total. The second kappa shape index (κ2) is 16.2. The van der Waals surface area contributed by atoms with Crippen LogP contribution in [0.3, 0.4) is 0 Å². The van der Waals surface area contributed by atoms with Crippen molar-refractivity contribution in [3.63, 3.8) is 0 Å². The maximum Gasteiger partial charge on any atom is 0.302 e. The van der Waals surface area contributed by atoms with E-state index in [0.717, 1.165) is 55.2 Å². The Bertz CT molecular complexity index is 1140. The molecule has 0 aliphatic heterocycles. The first-order valence-corrected chi connectivity index (χ1v) is 14.5. The molecule has 1 aliphatic carbocycles. The van der Waals surface area contributed by atoms with Gasteiger partial charge in [0.2, 0.25) is 0 Å². The van der Waals surface area contributed by atoms with Crippen LogP contribution in [-0.4, -0.2) is 64.3 Å². The summed E-state index contributed by atoms with van der Waals surface area (Å²) >= 11 is 0. The lowest BCUT2D eigenvalue weighted by atomic mass is 9.80. The number of aliphatic hydroxyl groups excluding tert-OH is 2. The number of ether oxygens (including phenoxy) is 3. The highest BCUT2D eigenvalue weighted by atomic mass is 16.6. The summed E-state index contributed by atoms with van der Waals surface area (Å²) in [6.07, 6.45) is 7.52. The van der Waals surface area contributed by atoms with E-state index in [-0.39, 0.29) is 49.1 Å². The van der Waals surface area contributed by atoms with Crippen LogP contribution in [-0.2, 0) is 25.5 Å². The highest BCUT2D eigenvalue weighted by Gasteiger charge is 2.31. The number of phenolic OH excluding ortho intramolecular Hbond substituents is 1. The van der Waals surface area contributed by atoms with Crippen molar-refractivity contribution in [3.8, 4) is 22.6 Å². The fraction of sp³-hybridized carbons (Fsp3) is 0.581. The standard InChI is InChI=1S/C31H44N2O8/c1-20(36)40-26(17-29(41-21(2)37)25-7-5-3-4-6-22(14-25)19-35)9-8-23-15-30(39-13-12-34)28(38)18-27(23)24-10-11-33-31(32)16-24/h10-11,15-16,18,22,25-26,29,34-35,38H,3-9,12-14,17,19H2,1-2H3,(H2,32,33). The summed E-state index contributed by atoms with van der Waals surface area (Å²) in [5.41, 5.74) is 8.21. The normalized spacial score (nSPS) is 18.9. The van der Waals surface area contributed by atoms with Crippen molar-refractivity contribution in [1.82, 2.24) is 4.98 Å². The molecule has 0 radical (unpaired) electrons. The number of hydrogen-bond acceptors (Lipinski definition) is 10. The number of nitrogens with zero attached hydrogens (tertiary/aromatic N) is 1. The number of carbonyl (C=O) groups is 2. The summed E-state index contributed by atoms with van der Waals surface area (Å²) in [4.78, 5) is 28.3. The van der Waals surface area contributed by atoms with Crippen LogP contribution < -0.4 is 10.5 Å². The number of anilines is 1. The second-order valence-electron chi connectivity index (χ2n) is 10.9. The van der Waals surface area contributed by atoms with Gasteiger partial charge in [-0.1, -0.05) is 19.3 Å². The van der Waals surface area contributed by atoms with E-state index < -0.39 is 18.2 Å². The van der Waals surface area contributed by atoms with Crippen LogP contribution in [0.2, 0.25) is 0 Å². The van der Waals surface area contributed by atoms with E-state index >= 15 is 0 Å². The first-order chi connectivity index (χ1) is 19.7. The maximum atomic E-state index is 12.1. The molecular formula is C31H44N2O8. The third-order valence-corrected chi connectivity index (χ3v) is 7.61. The molecule has 1 aliphatic rings. The Morgan fingerprint density at radius 2 is 1.83 bits per heavy atom. The molecular weight excluding hydrogens is 528 g/mol. The van der Waals surface area contributed by atoms with Crippen molar-refractivity contribution >= 4 is 17.8 Å². The molecule has 1 aromatic heterocycles. The minimum atomic E-state index is -0.541. The maximum absolute atomic E-state index is 12.1. The minimum absolute atomic E-state index is 0.0188. The van der Waals surface area contributed by atoms with Gasteiger partial charge in [-0.2, -0.15) is 0 Å². The van der Waals surface area contributed by atoms with Gasteiger partial charge in [0.25, 0.3) is 0 Å². The van der Waals surface area contributed by atoms with E-state index in [4.69, 9.17) is 19.9 Å². The molecule has 1 heterocycles. The SMILES string of the molecule is CC(=O)OC(CCc1cc(OCCO)c(O)cc1-c1ccnc(N)c1)CC(OC(C)=O)C1CCCCCC(CO)C1. The Morgan fingerprint density at radius 1 is 1.07 bits per heavy atom. The number of carbonyl (C=O) groups excluding carboxylic acids is 2. The highest BCUT2D eigenvalue weighted by Crippen LogP contribution is 2.37. The van der Waals surface area contributed by atoms with Gasteiger partial charge >= 0.3 is 11.9 Å². The molecule has 5 N–H and O–H groups in total. The third kappa shape index (κ3) is 10.2. The summed E-state index contributed by atoms with van der Waals surface area (Å²) in [5.74, 6) is -0.140. The lowest BCUT2D eigenvalue weighted by molar-refractivity contribution is -0.156. The summed E-state index contributed by atoms with van der Waals surface area (Å²) in [6, 6.07) is 6.79. The monoisotopic (exact) mass is 572 g/mol. The average molecular weight is 573 g/mol. The van der Waals surface area contributed by atoms with Crippen LogP contribution in [0.4, 0.5) is 5.82 Å². The number of pyridine rings is 1. The fourth-order valence-corrected chi connectivity index (χ4v) is 5.74. The van der Waals surface area contributed by atoms with Gasteiger partial charge in [-0.15, -0.1) is 0 Å². The van der Waals surface area contributed by atoms with E-state index in [1.807, 2.05) is 0 Å². The summed E-state index contributed by atoms with van der Waals surface area (Å²) in [6.45, 7) is 2.66. The largest absolute Gasteiger partial charge is 0.504 e. The van der Waals surface area contributed by atoms with Gasteiger partial charge in [0.15, 0.2) is 11.5 Å². The van der Waals surface area contributed by atoms with E-state index in [1.54, 1.807) is 30.5 Å². The number of aliphatic hydroxyl groups is 2. The lowest BCUT2D eigenvalue weighted by Gasteiger charge is -2.33. The Kier molecular flexibility index (Phi) is 12.7. The fourth-order valence-electron chi connectivity index (χ4n) is 5.74. The van der Waals surface area contributed by atoms with Crippen LogP contribution in [0, 0.1) is 11.8 Å². The van der Waals surface area contributed by atoms with Crippen molar-refractivity contribution in [2.75, 3.05) is 25.6 Å². The molecule has 0 amide bonds. The number of nitrogen functional groups attached to an aromatic ring is 1. The quantitative estimate of drug-likeness (QED) is 0.256. The molecule has 2 aromatic rings. The van der Waals surface area contributed by atoms with E-state index in [9.17, 15) is 24.9 Å². The van der Waals surface area contributed by atoms with Crippen LogP contribution in [0.25, 0.3) is 11.1 Å². The van der Waals surface area contributed by atoms with Crippen molar-refractivity contribution in [1.29, 1.82) is 0 Å². The second-order valence-corrected chi connectivity index (χ2v) is 10.9. The molecule has 0 saturated heterocycles. The lowest BCUT2D eigenvalue weighted by Crippen LogP contribution is -2.34. The first-order valence-electron chi connectivity index (χ1n) is 14.5. The van der Waals surface area contributed by atoms with Gasteiger partial charge in [0.1, 0.15) is 24.6 Å². The summed E-state index contributed by atoms with van der Waals surface area (Å²) in [7, 11) is 0. The molecule has 4 unspecified atom stereocenters. The Morgan fingerprint density at radius 3 is 2.51 bits per heavy atom. The molecule has 0 spiro atoms. The molecule has 41 heavy (non-hydrogen) atoms. The number of esters is 2. The smallest absolute Gasteiger partial charge is 0.302 e. The van der Waals surface area contributed by atoms with E-state index in [0.29, 0.717) is 25.1 Å². The molecule has 0 bridgehead atoms. The van der Waals surface area contributed by atoms with Crippen molar-refractivity contribution in [3.05, 3.63) is 36.0 Å². The van der Waals surface area contributed by atoms with E-state index in [1.165, 1.54) is 13.8 Å². The van der Waals surface area contributed by atoms with Gasteiger partial charge in [-0.05, 0) is 84.9 Å². The van der Waals surface area contributed by atoms with Crippen LogP contribution in [0.15, 0.2) is 30.5 Å². The number of aromatic hydroxyl groups is 1. The zero-order valence-corrected chi connectivity index (χ0v) is 24.1. The Balaban J connectivity index is 1.88. The van der Waals surface area contributed by atoms with Crippen molar-refractivity contribution < 1.29 is 39.1 Å². The third-order valence-electron chi connectivity index (χ3n) is 7.61. The number of hydrogen-bond donors (Lipinski definition) is 4. The van der Waals surface area contributed by atoms with Gasteiger partial charge in [0.05, 0.1) is 6.61 Å². The predicted octanol–water partition coefficient (Wildman–Crippen LogP) is 4.17. The zero-order valence-electron chi connectivity index (χ0n) is 24.1. The molecule has 226 valence electrons. The minimum Gasteiger partial charge on any atom is -0.504 e.